The Kier molecular flexibility index (Phi) is 3.79. The fraction of sp³-hybridized carbons (Fsp3) is 0.0769. The van der Waals surface area contributed by atoms with Crippen molar-refractivity contribution in [2.45, 2.75) is 6.92 Å². The summed E-state index contributed by atoms with van der Waals surface area (Å²) in [6.07, 6.45) is 1.55. The predicted octanol–water partition coefficient (Wildman–Crippen LogP) is 3.09. The highest BCUT2D eigenvalue weighted by atomic mass is 35.5. The van der Waals surface area contributed by atoms with Gasteiger partial charge >= 0.3 is 0 Å². The van der Waals surface area contributed by atoms with E-state index in [2.05, 4.69) is 10.5 Å². The third kappa shape index (κ3) is 2.78. The maximum Gasteiger partial charge on any atom is 0.272 e. The van der Waals surface area contributed by atoms with Crippen molar-refractivity contribution in [3.8, 4) is 0 Å². The first-order valence-electron chi connectivity index (χ1n) is 5.31. The summed E-state index contributed by atoms with van der Waals surface area (Å²) in [4.78, 5) is 11.8. The monoisotopic (exact) mass is 262 g/mol. The number of hydrazone groups is 1. The molecule has 0 aliphatic rings. The highest BCUT2D eigenvalue weighted by Crippen LogP contribution is 2.14. The van der Waals surface area contributed by atoms with Gasteiger partial charge in [0.1, 0.15) is 11.5 Å². The van der Waals surface area contributed by atoms with E-state index in [1.165, 1.54) is 0 Å². The molecule has 0 fully saturated rings. The lowest BCUT2D eigenvalue weighted by Gasteiger charge is -2.02. The fourth-order valence-corrected chi connectivity index (χ4v) is 1.60. The van der Waals surface area contributed by atoms with Crippen LogP contribution in [0.4, 0.5) is 0 Å². The number of benzene rings is 1. The van der Waals surface area contributed by atoms with Crippen LogP contribution in [0.5, 0.6) is 0 Å². The molecule has 0 saturated heterocycles. The minimum atomic E-state index is -0.355. The molecule has 0 saturated carbocycles. The van der Waals surface area contributed by atoms with E-state index in [-0.39, 0.29) is 5.91 Å². The van der Waals surface area contributed by atoms with Gasteiger partial charge in [0.25, 0.3) is 5.91 Å². The number of furan rings is 1. The molecule has 92 valence electrons. The number of nitrogens with zero attached hydrogens (tertiary/aromatic N) is 1. The van der Waals surface area contributed by atoms with Gasteiger partial charge in [0.15, 0.2) is 0 Å². The Morgan fingerprint density at radius 3 is 2.72 bits per heavy atom. The summed E-state index contributed by atoms with van der Waals surface area (Å²) < 4.78 is 5.15. The van der Waals surface area contributed by atoms with E-state index in [1.54, 1.807) is 49.6 Å². The summed E-state index contributed by atoms with van der Waals surface area (Å²) in [5.74, 6) is 0.251. The molecule has 1 aromatic heterocycles. The van der Waals surface area contributed by atoms with Crippen LogP contribution in [0.3, 0.4) is 0 Å². The zero-order valence-corrected chi connectivity index (χ0v) is 10.4. The molecule has 1 aromatic carbocycles. The molecular formula is C13H11ClN2O2. The van der Waals surface area contributed by atoms with E-state index in [0.29, 0.717) is 22.1 Å². The maximum absolute atomic E-state index is 11.8. The molecule has 2 rings (SSSR count). The summed E-state index contributed by atoms with van der Waals surface area (Å²) in [7, 11) is 0. The number of hydrogen-bond acceptors (Lipinski definition) is 3. The Labute approximate surface area is 109 Å². The Morgan fingerprint density at radius 1 is 1.28 bits per heavy atom. The second-order valence-corrected chi connectivity index (χ2v) is 4.00. The molecule has 0 unspecified atom stereocenters. The second-order valence-electron chi connectivity index (χ2n) is 3.60. The van der Waals surface area contributed by atoms with Gasteiger partial charge in [-0.05, 0) is 31.2 Å². The Hall–Kier alpha value is -2.07. The first kappa shape index (κ1) is 12.4. The highest BCUT2D eigenvalue weighted by molar-refractivity contribution is 6.33. The summed E-state index contributed by atoms with van der Waals surface area (Å²) in [5.41, 5.74) is 3.40. The molecule has 0 aliphatic heterocycles. The van der Waals surface area contributed by atoms with Crippen LogP contribution in [0.15, 0.2) is 52.2 Å². The maximum atomic E-state index is 11.8. The van der Waals surface area contributed by atoms with Crippen molar-refractivity contribution < 1.29 is 9.21 Å². The number of carbonyl (C=O) groups is 1. The first-order valence-corrected chi connectivity index (χ1v) is 5.69. The summed E-state index contributed by atoms with van der Waals surface area (Å²) in [6, 6.07) is 10.3. The van der Waals surface area contributed by atoms with Crippen LogP contribution >= 0.6 is 11.6 Å². The van der Waals surface area contributed by atoms with Gasteiger partial charge in [0.2, 0.25) is 0 Å². The molecule has 0 spiro atoms. The number of hydrogen-bond donors (Lipinski definition) is 1. The quantitative estimate of drug-likeness (QED) is 0.683. The standard InChI is InChI=1S/C13H11ClN2O2/c1-9(12-7-4-8-18-12)15-16-13(17)10-5-2-3-6-11(10)14/h2-8H,1H3,(H,16,17). The molecule has 0 radical (unpaired) electrons. The second kappa shape index (κ2) is 5.51. The van der Waals surface area contributed by atoms with E-state index in [9.17, 15) is 4.79 Å². The smallest absolute Gasteiger partial charge is 0.272 e. The predicted molar refractivity (Wildman–Crippen MR) is 69.8 cm³/mol. The Bertz CT molecular complexity index is 576. The molecule has 1 amide bonds. The van der Waals surface area contributed by atoms with Crippen molar-refractivity contribution in [2.24, 2.45) is 5.10 Å². The van der Waals surface area contributed by atoms with E-state index >= 15 is 0 Å². The molecule has 1 N–H and O–H groups in total. The lowest BCUT2D eigenvalue weighted by molar-refractivity contribution is 0.0955. The number of rotatable bonds is 3. The molecular weight excluding hydrogens is 252 g/mol. The first-order chi connectivity index (χ1) is 8.68. The van der Waals surface area contributed by atoms with E-state index in [4.69, 9.17) is 16.0 Å². The lowest BCUT2D eigenvalue weighted by Crippen LogP contribution is -2.19. The van der Waals surface area contributed by atoms with Gasteiger partial charge < -0.3 is 4.42 Å². The zero-order valence-electron chi connectivity index (χ0n) is 9.68. The van der Waals surface area contributed by atoms with Crippen molar-refractivity contribution in [3.05, 3.63) is 59.0 Å². The zero-order chi connectivity index (χ0) is 13.0. The van der Waals surface area contributed by atoms with E-state index in [1.807, 2.05) is 0 Å². The van der Waals surface area contributed by atoms with E-state index in [0.717, 1.165) is 0 Å². The van der Waals surface area contributed by atoms with E-state index < -0.39 is 0 Å². The molecule has 4 nitrogen and oxygen atoms in total. The number of amides is 1. The molecule has 0 aliphatic carbocycles. The Balaban J connectivity index is 2.09. The lowest BCUT2D eigenvalue weighted by atomic mass is 10.2. The van der Waals surface area contributed by atoms with Crippen LogP contribution in [0.25, 0.3) is 0 Å². The summed E-state index contributed by atoms with van der Waals surface area (Å²) in [6.45, 7) is 1.74. The van der Waals surface area contributed by atoms with Crippen LogP contribution < -0.4 is 5.43 Å². The van der Waals surface area contributed by atoms with Gasteiger partial charge in [0.05, 0.1) is 16.8 Å². The molecule has 18 heavy (non-hydrogen) atoms. The SMILES string of the molecule is CC(=NNC(=O)c1ccccc1Cl)c1ccco1. The van der Waals surface area contributed by atoms with Crippen molar-refractivity contribution in [3.63, 3.8) is 0 Å². The summed E-state index contributed by atoms with van der Waals surface area (Å²) >= 11 is 5.91. The average Bonchev–Trinajstić information content (AvgIpc) is 2.90. The van der Waals surface area contributed by atoms with Gasteiger partial charge in [-0.1, -0.05) is 23.7 Å². The average molecular weight is 263 g/mol. The van der Waals surface area contributed by atoms with Gasteiger partial charge in [-0.25, -0.2) is 5.43 Å². The topological polar surface area (TPSA) is 54.6 Å². The minimum absolute atomic E-state index is 0.355. The number of carbonyl (C=O) groups excluding carboxylic acids is 1. The largest absolute Gasteiger partial charge is 0.463 e. The van der Waals surface area contributed by atoms with Gasteiger partial charge in [-0.15, -0.1) is 0 Å². The van der Waals surface area contributed by atoms with Crippen LogP contribution in [0.2, 0.25) is 5.02 Å². The van der Waals surface area contributed by atoms with Crippen LogP contribution in [-0.4, -0.2) is 11.6 Å². The molecule has 0 atom stereocenters. The third-order valence-electron chi connectivity index (χ3n) is 2.32. The van der Waals surface area contributed by atoms with Crippen molar-refractivity contribution in [1.29, 1.82) is 0 Å². The van der Waals surface area contributed by atoms with Crippen molar-refractivity contribution >= 4 is 23.2 Å². The number of halogens is 1. The molecule has 0 bridgehead atoms. The van der Waals surface area contributed by atoms with Gasteiger partial charge in [-0.3, -0.25) is 4.79 Å². The van der Waals surface area contributed by atoms with Crippen LogP contribution in [-0.2, 0) is 0 Å². The van der Waals surface area contributed by atoms with Crippen molar-refractivity contribution in [2.75, 3.05) is 0 Å². The van der Waals surface area contributed by atoms with Crippen LogP contribution in [0, 0.1) is 0 Å². The fourth-order valence-electron chi connectivity index (χ4n) is 1.38. The van der Waals surface area contributed by atoms with Gasteiger partial charge in [0, 0.05) is 0 Å². The summed E-state index contributed by atoms with van der Waals surface area (Å²) in [5, 5.41) is 4.34. The number of nitrogens with one attached hydrogen (secondary N) is 1. The highest BCUT2D eigenvalue weighted by Gasteiger charge is 2.08. The minimum Gasteiger partial charge on any atom is -0.463 e. The molecule has 5 heteroatoms. The molecule has 1 heterocycles. The third-order valence-corrected chi connectivity index (χ3v) is 2.65. The van der Waals surface area contributed by atoms with Gasteiger partial charge in [-0.2, -0.15) is 5.10 Å². The normalized spacial score (nSPS) is 11.3. The van der Waals surface area contributed by atoms with Crippen molar-refractivity contribution in [1.82, 2.24) is 5.43 Å². The Morgan fingerprint density at radius 2 is 2.06 bits per heavy atom. The van der Waals surface area contributed by atoms with Crippen LogP contribution in [0.1, 0.15) is 23.0 Å². The molecule has 2 aromatic rings.